The zero-order valence-corrected chi connectivity index (χ0v) is 18.3. The van der Waals surface area contributed by atoms with Gasteiger partial charge >= 0.3 is 0 Å². The van der Waals surface area contributed by atoms with Crippen LogP contribution >= 0.6 is 12.2 Å². The molecule has 0 radical (unpaired) electrons. The molecule has 1 amide bonds. The van der Waals surface area contributed by atoms with Crippen LogP contribution in [0.4, 0.5) is 0 Å². The zero-order chi connectivity index (χ0) is 21.4. The number of nitrogens with zero attached hydrogens (tertiary/aromatic N) is 4. The maximum Gasteiger partial charge on any atom is 0.270 e. The van der Waals surface area contributed by atoms with Crippen molar-refractivity contribution in [2.45, 2.75) is 25.3 Å². The molecule has 1 fully saturated rings. The quantitative estimate of drug-likeness (QED) is 0.484. The lowest BCUT2D eigenvalue weighted by atomic mass is 9.97. The molecule has 1 aliphatic rings. The van der Waals surface area contributed by atoms with Crippen molar-refractivity contribution in [2.75, 3.05) is 13.1 Å². The highest BCUT2D eigenvalue weighted by Crippen LogP contribution is 2.28. The molecule has 5 rings (SSSR count). The summed E-state index contributed by atoms with van der Waals surface area (Å²) in [5, 5.41) is 8.38. The number of H-pyrrole nitrogens is 1. The Hall–Kier alpha value is -3.19. The topological polar surface area (TPSA) is 58.9 Å². The van der Waals surface area contributed by atoms with E-state index in [1.807, 2.05) is 52.9 Å². The molecule has 6 nitrogen and oxygen atoms in total. The number of hydrogen-bond donors (Lipinski definition) is 1. The molecule has 31 heavy (non-hydrogen) atoms. The van der Waals surface area contributed by atoms with Crippen molar-refractivity contribution in [1.82, 2.24) is 24.2 Å². The Labute approximate surface area is 186 Å². The van der Waals surface area contributed by atoms with E-state index in [0.717, 1.165) is 41.8 Å². The van der Waals surface area contributed by atoms with Gasteiger partial charge in [-0.05, 0) is 42.8 Å². The average molecular weight is 432 g/mol. The summed E-state index contributed by atoms with van der Waals surface area (Å²) in [7, 11) is 1.93. The van der Waals surface area contributed by atoms with Gasteiger partial charge in [-0.3, -0.25) is 9.89 Å². The van der Waals surface area contributed by atoms with E-state index in [9.17, 15) is 4.79 Å². The summed E-state index contributed by atoms with van der Waals surface area (Å²) in [6, 6.07) is 20.5. The van der Waals surface area contributed by atoms with Crippen molar-refractivity contribution in [1.29, 1.82) is 0 Å². The second-order valence-electron chi connectivity index (χ2n) is 8.20. The van der Waals surface area contributed by atoms with Crippen LogP contribution in [0.5, 0.6) is 0 Å². The summed E-state index contributed by atoms with van der Waals surface area (Å²) >= 11 is 5.28. The van der Waals surface area contributed by atoms with Crippen LogP contribution in [-0.2, 0) is 13.6 Å². The predicted octanol–water partition coefficient (Wildman–Crippen LogP) is 4.50. The smallest absolute Gasteiger partial charge is 0.270 e. The minimum absolute atomic E-state index is 0.0774. The first-order valence-electron chi connectivity index (χ1n) is 10.6. The molecule has 0 bridgehead atoms. The van der Waals surface area contributed by atoms with Gasteiger partial charge in [-0.2, -0.15) is 5.10 Å². The first-order valence-corrected chi connectivity index (χ1v) is 11.1. The molecule has 2 aromatic carbocycles. The number of likely N-dealkylation sites (tertiary alicyclic amines) is 1. The van der Waals surface area contributed by atoms with Crippen LogP contribution in [0.1, 0.15) is 40.6 Å². The number of piperidine rings is 1. The molecule has 1 saturated heterocycles. The van der Waals surface area contributed by atoms with E-state index in [2.05, 4.69) is 39.0 Å². The lowest BCUT2D eigenvalue weighted by molar-refractivity contribution is 0.0693. The molecule has 1 atom stereocenters. The van der Waals surface area contributed by atoms with Gasteiger partial charge < -0.3 is 14.0 Å². The van der Waals surface area contributed by atoms with Crippen molar-refractivity contribution in [3.8, 4) is 0 Å². The van der Waals surface area contributed by atoms with Gasteiger partial charge in [-0.15, -0.1) is 0 Å². The van der Waals surface area contributed by atoms with Crippen molar-refractivity contribution < 1.29 is 4.79 Å². The van der Waals surface area contributed by atoms with Gasteiger partial charge in [0.25, 0.3) is 5.91 Å². The number of aromatic nitrogens is 4. The minimum Gasteiger partial charge on any atom is -0.337 e. The second kappa shape index (κ2) is 8.15. The summed E-state index contributed by atoms with van der Waals surface area (Å²) in [6.07, 6.45) is 1.96. The van der Waals surface area contributed by atoms with E-state index in [0.29, 0.717) is 17.9 Å². The molecule has 1 unspecified atom stereocenters. The maximum atomic E-state index is 13.7. The summed E-state index contributed by atoms with van der Waals surface area (Å²) in [5.41, 5.74) is 3.00. The molecule has 3 heterocycles. The first kappa shape index (κ1) is 19.8. The normalized spacial score (nSPS) is 16.7. The number of aromatic amines is 1. The summed E-state index contributed by atoms with van der Waals surface area (Å²) in [6.45, 7) is 2.08. The fourth-order valence-corrected chi connectivity index (χ4v) is 4.72. The summed E-state index contributed by atoms with van der Waals surface area (Å²) in [5.74, 6) is 1.18. The molecule has 0 spiro atoms. The molecule has 0 saturated carbocycles. The Balaban J connectivity index is 1.48. The lowest BCUT2D eigenvalue weighted by Gasteiger charge is -2.32. The van der Waals surface area contributed by atoms with Crippen molar-refractivity contribution in [2.24, 2.45) is 7.05 Å². The van der Waals surface area contributed by atoms with Crippen molar-refractivity contribution in [3.05, 3.63) is 82.5 Å². The van der Waals surface area contributed by atoms with Crippen LogP contribution in [0.15, 0.2) is 60.7 Å². The number of carbonyl (C=O) groups is 1. The number of nitrogens with one attached hydrogen (secondary N) is 1. The van der Waals surface area contributed by atoms with Gasteiger partial charge in [-0.25, -0.2) is 0 Å². The van der Waals surface area contributed by atoms with Gasteiger partial charge in [0.15, 0.2) is 4.77 Å². The number of rotatable bonds is 4. The molecule has 7 heteroatoms. The third-order valence-electron chi connectivity index (χ3n) is 6.20. The highest BCUT2D eigenvalue weighted by Gasteiger charge is 2.30. The largest absolute Gasteiger partial charge is 0.337 e. The Morgan fingerprint density at radius 1 is 1.16 bits per heavy atom. The fraction of sp³-hybridized carbons (Fsp3) is 0.292. The summed E-state index contributed by atoms with van der Waals surface area (Å²) in [4.78, 5) is 15.7. The van der Waals surface area contributed by atoms with Gasteiger partial charge in [0.1, 0.15) is 11.5 Å². The molecule has 158 valence electrons. The minimum atomic E-state index is 0.0774. The fourth-order valence-electron chi connectivity index (χ4n) is 4.58. The molecule has 1 N–H and O–H groups in total. The predicted molar refractivity (Wildman–Crippen MR) is 124 cm³/mol. The van der Waals surface area contributed by atoms with E-state index < -0.39 is 0 Å². The van der Waals surface area contributed by atoms with E-state index in [1.54, 1.807) is 0 Å². The molecular weight excluding hydrogens is 406 g/mol. The Morgan fingerprint density at radius 2 is 1.94 bits per heavy atom. The first-order chi connectivity index (χ1) is 15.1. The van der Waals surface area contributed by atoms with Crippen molar-refractivity contribution >= 4 is 29.0 Å². The zero-order valence-electron chi connectivity index (χ0n) is 17.5. The third-order valence-corrected chi connectivity index (χ3v) is 6.57. The SMILES string of the molecule is Cn1c(C2CCCN(C(=O)c3cc4ccccc4n3Cc3ccccc3)C2)n[nH]c1=S. The maximum absolute atomic E-state index is 13.7. The van der Waals surface area contributed by atoms with Crippen LogP contribution in [0.2, 0.25) is 0 Å². The summed E-state index contributed by atoms with van der Waals surface area (Å²) < 4.78 is 4.67. The molecule has 4 aromatic rings. The van der Waals surface area contributed by atoms with Crippen LogP contribution < -0.4 is 0 Å². The number of hydrogen-bond acceptors (Lipinski definition) is 3. The van der Waals surface area contributed by atoms with Crippen LogP contribution in [0, 0.1) is 4.77 Å². The third kappa shape index (κ3) is 3.70. The Bertz CT molecular complexity index is 1290. The van der Waals surface area contributed by atoms with Crippen LogP contribution in [0.25, 0.3) is 10.9 Å². The van der Waals surface area contributed by atoms with Crippen LogP contribution in [-0.4, -0.2) is 43.2 Å². The molecule has 0 aliphatic carbocycles. The lowest BCUT2D eigenvalue weighted by Crippen LogP contribution is -2.40. The van der Waals surface area contributed by atoms with Crippen molar-refractivity contribution in [3.63, 3.8) is 0 Å². The van der Waals surface area contributed by atoms with E-state index in [1.165, 1.54) is 5.56 Å². The van der Waals surface area contributed by atoms with E-state index in [4.69, 9.17) is 12.2 Å². The number of benzene rings is 2. The molecular formula is C24H25N5OS. The van der Waals surface area contributed by atoms with Gasteiger partial charge in [0.2, 0.25) is 0 Å². The number of fused-ring (bicyclic) bond motifs is 1. The highest BCUT2D eigenvalue weighted by molar-refractivity contribution is 7.71. The van der Waals surface area contributed by atoms with E-state index in [-0.39, 0.29) is 11.8 Å². The van der Waals surface area contributed by atoms with Gasteiger partial charge in [0, 0.05) is 43.5 Å². The van der Waals surface area contributed by atoms with Gasteiger partial charge in [-0.1, -0.05) is 48.5 Å². The average Bonchev–Trinajstić information content (AvgIpc) is 3.34. The highest BCUT2D eigenvalue weighted by atomic mass is 32.1. The monoisotopic (exact) mass is 431 g/mol. The van der Waals surface area contributed by atoms with Crippen LogP contribution in [0.3, 0.4) is 0 Å². The Morgan fingerprint density at radius 3 is 2.71 bits per heavy atom. The second-order valence-corrected chi connectivity index (χ2v) is 8.58. The number of carbonyl (C=O) groups excluding carboxylic acids is 1. The Kier molecular flexibility index (Phi) is 5.19. The number of para-hydroxylation sites is 1. The molecule has 1 aliphatic heterocycles. The molecule has 2 aromatic heterocycles. The van der Waals surface area contributed by atoms with E-state index >= 15 is 0 Å². The number of amides is 1. The standard InChI is InChI=1S/C24H25N5OS/c1-27-22(25-26-24(27)31)19-11-7-13-28(16-19)23(30)21-14-18-10-5-6-12-20(18)29(21)15-17-8-3-2-4-9-17/h2-6,8-10,12,14,19H,7,11,13,15-16H2,1H3,(H,26,31). The van der Waals surface area contributed by atoms with Gasteiger partial charge in [0.05, 0.1) is 0 Å².